The van der Waals surface area contributed by atoms with Gasteiger partial charge in [0, 0.05) is 18.7 Å². The fourth-order valence-electron chi connectivity index (χ4n) is 2.34. The number of nitrogens with zero attached hydrogens (tertiary/aromatic N) is 1. The molecule has 1 aromatic carbocycles. The lowest BCUT2D eigenvalue weighted by Gasteiger charge is -2.20. The van der Waals surface area contributed by atoms with Gasteiger partial charge in [-0.25, -0.2) is 0 Å². The number of aromatic hydroxyl groups is 1. The van der Waals surface area contributed by atoms with Crippen molar-refractivity contribution in [1.82, 2.24) is 0 Å². The summed E-state index contributed by atoms with van der Waals surface area (Å²) in [6.45, 7) is 3.93. The zero-order chi connectivity index (χ0) is 14.2. The molecule has 1 saturated heterocycles. The molecule has 1 aliphatic heterocycles. The Kier molecular flexibility index (Phi) is 3.46. The molecule has 5 nitrogen and oxygen atoms in total. The van der Waals surface area contributed by atoms with Gasteiger partial charge in [-0.05, 0) is 37.1 Å². The highest BCUT2D eigenvalue weighted by molar-refractivity contribution is 6.00. The highest BCUT2D eigenvalue weighted by atomic mass is 16.5. The first-order valence-corrected chi connectivity index (χ1v) is 6.12. The van der Waals surface area contributed by atoms with Gasteiger partial charge in [-0.3, -0.25) is 9.59 Å². The standard InChI is InChI=1S/C14H17NO4/c1-8-5-12(16)9(2)4-11(8)15-7-10(6-13(15)17)14(18)19-3/h4-5,10,16H,6-7H2,1-3H3. The Morgan fingerprint density at radius 2 is 2.05 bits per heavy atom. The van der Waals surface area contributed by atoms with Crippen molar-refractivity contribution < 1.29 is 19.4 Å². The molecule has 1 amide bonds. The number of methoxy groups -OCH3 is 1. The van der Waals surface area contributed by atoms with E-state index >= 15 is 0 Å². The number of carbonyl (C=O) groups is 2. The quantitative estimate of drug-likeness (QED) is 0.822. The van der Waals surface area contributed by atoms with Crippen molar-refractivity contribution in [2.24, 2.45) is 5.92 Å². The third-order valence-corrected chi connectivity index (χ3v) is 3.46. The minimum absolute atomic E-state index is 0.0939. The molecule has 1 fully saturated rings. The minimum atomic E-state index is -0.411. The third-order valence-electron chi connectivity index (χ3n) is 3.46. The Bertz CT molecular complexity index is 538. The lowest BCUT2D eigenvalue weighted by Crippen LogP contribution is -2.26. The molecule has 102 valence electrons. The smallest absolute Gasteiger partial charge is 0.311 e. The molecule has 0 radical (unpaired) electrons. The lowest BCUT2D eigenvalue weighted by molar-refractivity contribution is -0.145. The first-order valence-electron chi connectivity index (χ1n) is 6.12. The average molecular weight is 263 g/mol. The summed E-state index contributed by atoms with van der Waals surface area (Å²) in [6.07, 6.45) is 0.173. The van der Waals surface area contributed by atoms with E-state index in [1.165, 1.54) is 7.11 Å². The first-order chi connectivity index (χ1) is 8.93. The van der Waals surface area contributed by atoms with Crippen molar-refractivity contribution in [1.29, 1.82) is 0 Å². The van der Waals surface area contributed by atoms with Crippen LogP contribution < -0.4 is 4.90 Å². The van der Waals surface area contributed by atoms with Gasteiger partial charge < -0.3 is 14.7 Å². The zero-order valence-electron chi connectivity index (χ0n) is 11.3. The Labute approximate surface area is 111 Å². The molecule has 5 heteroatoms. The van der Waals surface area contributed by atoms with Crippen molar-refractivity contribution in [3.05, 3.63) is 23.3 Å². The molecule has 19 heavy (non-hydrogen) atoms. The van der Waals surface area contributed by atoms with Crippen LogP contribution in [0.15, 0.2) is 12.1 Å². The van der Waals surface area contributed by atoms with Crippen LogP contribution in [0.5, 0.6) is 5.75 Å². The van der Waals surface area contributed by atoms with Gasteiger partial charge in [-0.15, -0.1) is 0 Å². The summed E-state index contributed by atoms with van der Waals surface area (Å²) in [5.41, 5.74) is 2.25. The summed E-state index contributed by atoms with van der Waals surface area (Å²) < 4.78 is 4.68. The number of phenols is 1. The van der Waals surface area contributed by atoms with Crippen LogP contribution in [0.4, 0.5) is 5.69 Å². The maximum Gasteiger partial charge on any atom is 0.311 e. The monoisotopic (exact) mass is 263 g/mol. The van der Waals surface area contributed by atoms with Crippen molar-refractivity contribution in [2.75, 3.05) is 18.6 Å². The summed E-state index contributed by atoms with van der Waals surface area (Å²) in [4.78, 5) is 25.1. The van der Waals surface area contributed by atoms with Gasteiger partial charge in [0.05, 0.1) is 13.0 Å². The molecule has 0 saturated carbocycles. The molecule has 0 aliphatic carbocycles. The van der Waals surface area contributed by atoms with Crippen LogP contribution in [0.1, 0.15) is 17.5 Å². The van der Waals surface area contributed by atoms with Gasteiger partial charge in [-0.1, -0.05) is 0 Å². The van der Waals surface area contributed by atoms with Gasteiger partial charge in [0.2, 0.25) is 5.91 Å². The second kappa shape index (κ2) is 4.91. The van der Waals surface area contributed by atoms with E-state index in [1.54, 1.807) is 24.0 Å². The second-order valence-corrected chi connectivity index (χ2v) is 4.85. The number of esters is 1. The van der Waals surface area contributed by atoms with Gasteiger partial charge >= 0.3 is 5.97 Å². The number of aryl methyl sites for hydroxylation is 2. The van der Waals surface area contributed by atoms with Crippen LogP contribution >= 0.6 is 0 Å². The normalized spacial score (nSPS) is 18.8. The van der Waals surface area contributed by atoms with Crippen LogP contribution in [0.2, 0.25) is 0 Å². The summed E-state index contributed by atoms with van der Waals surface area (Å²) in [5.74, 6) is -0.656. The molecule has 1 unspecified atom stereocenters. The SMILES string of the molecule is COC(=O)C1CC(=O)N(c2cc(C)c(O)cc2C)C1. The van der Waals surface area contributed by atoms with Crippen LogP contribution in [0.25, 0.3) is 0 Å². The molecule has 1 N–H and O–H groups in total. The third kappa shape index (κ3) is 2.41. The summed E-state index contributed by atoms with van der Waals surface area (Å²) >= 11 is 0. The molecule has 1 aliphatic rings. The number of amides is 1. The molecule has 1 aromatic rings. The van der Waals surface area contributed by atoms with Crippen LogP contribution in [-0.2, 0) is 14.3 Å². The number of hydrogen-bond donors (Lipinski definition) is 1. The Morgan fingerprint density at radius 3 is 2.68 bits per heavy atom. The van der Waals surface area contributed by atoms with Gasteiger partial charge in [-0.2, -0.15) is 0 Å². The van der Waals surface area contributed by atoms with E-state index < -0.39 is 5.92 Å². The maximum absolute atomic E-state index is 12.0. The number of phenolic OH excluding ortho intramolecular Hbond substituents is 1. The molecular weight excluding hydrogens is 246 g/mol. The number of hydrogen-bond acceptors (Lipinski definition) is 4. The number of anilines is 1. The van der Waals surface area contributed by atoms with E-state index in [0.29, 0.717) is 12.1 Å². The van der Waals surface area contributed by atoms with Crippen molar-refractivity contribution in [3.63, 3.8) is 0 Å². The van der Waals surface area contributed by atoms with Crippen molar-refractivity contribution >= 4 is 17.6 Å². The summed E-state index contributed by atoms with van der Waals surface area (Å²) in [5, 5.41) is 9.63. The highest BCUT2D eigenvalue weighted by Crippen LogP contribution is 2.32. The predicted molar refractivity (Wildman–Crippen MR) is 70.1 cm³/mol. The molecule has 1 heterocycles. The van der Waals surface area contributed by atoms with Crippen LogP contribution in [-0.4, -0.2) is 30.6 Å². The Hall–Kier alpha value is -2.04. The number of benzene rings is 1. The van der Waals surface area contributed by atoms with Crippen molar-refractivity contribution in [3.8, 4) is 5.75 Å². The molecule has 0 bridgehead atoms. The summed E-state index contributed by atoms with van der Waals surface area (Å²) in [6, 6.07) is 3.39. The van der Waals surface area contributed by atoms with Crippen LogP contribution in [0.3, 0.4) is 0 Å². The van der Waals surface area contributed by atoms with E-state index in [1.807, 2.05) is 6.92 Å². The second-order valence-electron chi connectivity index (χ2n) is 4.85. The first kappa shape index (κ1) is 13.4. The summed E-state index contributed by atoms with van der Waals surface area (Å²) in [7, 11) is 1.32. The highest BCUT2D eigenvalue weighted by Gasteiger charge is 2.36. The number of rotatable bonds is 2. The van der Waals surface area contributed by atoms with E-state index in [-0.39, 0.29) is 24.0 Å². The maximum atomic E-state index is 12.0. The molecule has 1 atom stereocenters. The van der Waals surface area contributed by atoms with E-state index in [2.05, 4.69) is 4.74 Å². The van der Waals surface area contributed by atoms with E-state index in [9.17, 15) is 14.7 Å². The van der Waals surface area contributed by atoms with Crippen LogP contribution in [0, 0.1) is 19.8 Å². The predicted octanol–water partition coefficient (Wildman–Crippen LogP) is 1.53. The fourth-order valence-corrected chi connectivity index (χ4v) is 2.34. The zero-order valence-corrected chi connectivity index (χ0v) is 11.3. The topological polar surface area (TPSA) is 66.8 Å². The van der Waals surface area contributed by atoms with E-state index in [0.717, 1.165) is 11.3 Å². The molecule has 2 rings (SSSR count). The van der Waals surface area contributed by atoms with Gasteiger partial charge in [0.1, 0.15) is 5.75 Å². The minimum Gasteiger partial charge on any atom is -0.508 e. The molecular formula is C14H17NO4. The largest absolute Gasteiger partial charge is 0.508 e. The number of carbonyl (C=O) groups excluding carboxylic acids is 2. The Balaban J connectivity index is 2.30. The van der Waals surface area contributed by atoms with Crippen molar-refractivity contribution in [2.45, 2.75) is 20.3 Å². The lowest BCUT2D eigenvalue weighted by atomic mass is 10.1. The Morgan fingerprint density at radius 1 is 1.37 bits per heavy atom. The average Bonchev–Trinajstić information content (AvgIpc) is 2.75. The molecule has 0 aromatic heterocycles. The van der Waals surface area contributed by atoms with Gasteiger partial charge in [0.25, 0.3) is 0 Å². The van der Waals surface area contributed by atoms with Gasteiger partial charge in [0.15, 0.2) is 0 Å². The van der Waals surface area contributed by atoms with E-state index in [4.69, 9.17) is 0 Å². The number of ether oxygens (including phenoxy) is 1. The molecule has 0 spiro atoms. The fraction of sp³-hybridized carbons (Fsp3) is 0.429.